The first-order chi connectivity index (χ1) is 11.5. The molecule has 1 unspecified atom stereocenters. The first-order valence-electron chi connectivity index (χ1n) is 8.25. The fraction of sp³-hybridized carbons (Fsp3) is 0.400. The quantitative estimate of drug-likeness (QED) is 0.778. The van der Waals surface area contributed by atoms with Crippen molar-refractivity contribution in [2.24, 2.45) is 0 Å². The van der Waals surface area contributed by atoms with E-state index >= 15 is 0 Å². The molecular formula is C20H27NO3. The van der Waals surface area contributed by atoms with E-state index in [1.54, 1.807) is 7.11 Å². The third-order valence-corrected chi connectivity index (χ3v) is 3.93. The summed E-state index contributed by atoms with van der Waals surface area (Å²) in [5, 5.41) is 12.4. The Hall–Kier alpha value is -2.04. The zero-order chi connectivity index (χ0) is 17.5. The standard InChI is InChI=1S/C20H27NO3/c1-14-9-15(2)11-17(10-14)13-21-16(3)18-5-6-19(24-8-7-22)20(12-18)23-4/h5-6,9-12,16,21-22H,7-8,13H2,1-4H3. The zero-order valence-corrected chi connectivity index (χ0v) is 14.9. The molecule has 2 aromatic carbocycles. The zero-order valence-electron chi connectivity index (χ0n) is 14.9. The number of nitrogens with one attached hydrogen (secondary N) is 1. The van der Waals surface area contributed by atoms with E-state index in [0.29, 0.717) is 11.5 Å². The Kier molecular flexibility index (Phi) is 6.64. The molecule has 0 amide bonds. The maximum absolute atomic E-state index is 8.88. The summed E-state index contributed by atoms with van der Waals surface area (Å²) in [5.41, 5.74) is 4.99. The SMILES string of the molecule is COc1cc(C(C)NCc2cc(C)cc(C)c2)ccc1OCCO. The molecule has 0 aliphatic carbocycles. The van der Waals surface area contributed by atoms with Crippen LogP contribution in [0.15, 0.2) is 36.4 Å². The molecule has 0 radical (unpaired) electrons. The lowest BCUT2D eigenvalue weighted by Gasteiger charge is -2.17. The summed E-state index contributed by atoms with van der Waals surface area (Å²) in [5.74, 6) is 1.33. The molecule has 0 spiro atoms. The molecular weight excluding hydrogens is 302 g/mol. The van der Waals surface area contributed by atoms with Crippen LogP contribution in [-0.4, -0.2) is 25.4 Å². The van der Waals surface area contributed by atoms with Crippen molar-refractivity contribution in [1.82, 2.24) is 5.32 Å². The van der Waals surface area contributed by atoms with Crippen LogP contribution in [0, 0.1) is 13.8 Å². The van der Waals surface area contributed by atoms with Gasteiger partial charge >= 0.3 is 0 Å². The number of rotatable bonds is 8. The lowest BCUT2D eigenvalue weighted by Crippen LogP contribution is -2.18. The van der Waals surface area contributed by atoms with Gasteiger partial charge in [0.1, 0.15) is 6.61 Å². The predicted octanol–water partition coefficient (Wildman–Crippen LogP) is 3.53. The molecule has 1 atom stereocenters. The molecule has 0 saturated carbocycles. The lowest BCUT2D eigenvalue weighted by molar-refractivity contribution is 0.196. The average Bonchev–Trinajstić information content (AvgIpc) is 2.56. The van der Waals surface area contributed by atoms with Gasteiger partial charge < -0.3 is 19.9 Å². The van der Waals surface area contributed by atoms with Crippen LogP contribution in [0.3, 0.4) is 0 Å². The van der Waals surface area contributed by atoms with Crippen molar-refractivity contribution in [3.63, 3.8) is 0 Å². The number of ether oxygens (including phenoxy) is 2. The normalized spacial score (nSPS) is 12.0. The number of hydrogen-bond acceptors (Lipinski definition) is 4. The van der Waals surface area contributed by atoms with Gasteiger partial charge in [-0.25, -0.2) is 0 Å². The molecule has 0 saturated heterocycles. The van der Waals surface area contributed by atoms with Crippen molar-refractivity contribution in [1.29, 1.82) is 0 Å². The minimum atomic E-state index is -0.0151. The molecule has 24 heavy (non-hydrogen) atoms. The van der Waals surface area contributed by atoms with Gasteiger partial charge in [0.2, 0.25) is 0 Å². The van der Waals surface area contributed by atoms with Crippen molar-refractivity contribution >= 4 is 0 Å². The second-order valence-electron chi connectivity index (χ2n) is 6.08. The van der Waals surface area contributed by atoms with Crippen LogP contribution in [-0.2, 0) is 6.54 Å². The first-order valence-corrected chi connectivity index (χ1v) is 8.25. The van der Waals surface area contributed by atoms with Gasteiger partial charge in [0.25, 0.3) is 0 Å². The molecule has 0 heterocycles. The summed E-state index contributed by atoms with van der Waals surface area (Å²) in [4.78, 5) is 0. The van der Waals surface area contributed by atoms with E-state index in [4.69, 9.17) is 14.6 Å². The predicted molar refractivity (Wildman–Crippen MR) is 96.7 cm³/mol. The highest BCUT2D eigenvalue weighted by Crippen LogP contribution is 2.30. The Morgan fingerprint density at radius 2 is 1.75 bits per heavy atom. The summed E-state index contributed by atoms with van der Waals surface area (Å²) in [6.07, 6.45) is 0. The van der Waals surface area contributed by atoms with Gasteiger partial charge in [-0.05, 0) is 44.0 Å². The molecule has 0 bridgehead atoms. The summed E-state index contributed by atoms with van der Waals surface area (Å²) in [6, 6.07) is 12.7. The Bertz CT molecular complexity index is 650. The van der Waals surface area contributed by atoms with Crippen LogP contribution in [0.1, 0.15) is 35.2 Å². The summed E-state index contributed by atoms with van der Waals surface area (Å²) in [6.45, 7) is 7.43. The number of aryl methyl sites for hydroxylation is 2. The van der Waals surface area contributed by atoms with Crippen LogP contribution < -0.4 is 14.8 Å². The Morgan fingerprint density at radius 3 is 2.38 bits per heavy atom. The van der Waals surface area contributed by atoms with Crippen LogP contribution >= 0.6 is 0 Å². The van der Waals surface area contributed by atoms with E-state index in [2.05, 4.69) is 44.3 Å². The summed E-state index contributed by atoms with van der Waals surface area (Å²) >= 11 is 0. The Labute approximate surface area is 144 Å². The van der Waals surface area contributed by atoms with Gasteiger partial charge in [-0.15, -0.1) is 0 Å². The van der Waals surface area contributed by atoms with E-state index in [-0.39, 0.29) is 19.3 Å². The first kappa shape index (κ1) is 18.3. The lowest BCUT2D eigenvalue weighted by atomic mass is 10.1. The second-order valence-corrected chi connectivity index (χ2v) is 6.08. The fourth-order valence-corrected chi connectivity index (χ4v) is 2.79. The van der Waals surface area contributed by atoms with E-state index in [9.17, 15) is 0 Å². The summed E-state index contributed by atoms with van der Waals surface area (Å²) in [7, 11) is 1.62. The van der Waals surface area contributed by atoms with E-state index in [0.717, 1.165) is 12.1 Å². The average molecular weight is 329 g/mol. The van der Waals surface area contributed by atoms with Gasteiger partial charge in [0.15, 0.2) is 11.5 Å². The molecule has 130 valence electrons. The van der Waals surface area contributed by atoms with Crippen LogP contribution in [0.25, 0.3) is 0 Å². The number of aliphatic hydroxyl groups is 1. The van der Waals surface area contributed by atoms with Crippen molar-refractivity contribution in [3.8, 4) is 11.5 Å². The monoisotopic (exact) mass is 329 g/mol. The van der Waals surface area contributed by atoms with E-state index in [1.165, 1.54) is 16.7 Å². The van der Waals surface area contributed by atoms with Crippen molar-refractivity contribution in [3.05, 3.63) is 58.7 Å². The molecule has 4 nitrogen and oxygen atoms in total. The van der Waals surface area contributed by atoms with E-state index < -0.39 is 0 Å². The maximum atomic E-state index is 8.88. The number of hydrogen-bond donors (Lipinski definition) is 2. The van der Waals surface area contributed by atoms with Gasteiger partial charge in [-0.3, -0.25) is 0 Å². The van der Waals surface area contributed by atoms with Crippen LogP contribution in [0.5, 0.6) is 11.5 Å². The Balaban J connectivity index is 2.04. The van der Waals surface area contributed by atoms with Gasteiger partial charge in [0, 0.05) is 12.6 Å². The fourth-order valence-electron chi connectivity index (χ4n) is 2.79. The maximum Gasteiger partial charge on any atom is 0.161 e. The molecule has 4 heteroatoms. The molecule has 2 aromatic rings. The molecule has 0 aromatic heterocycles. The highest BCUT2D eigenvalue weighted by atomic mass is 16.5. The number of aliphatic hydroxyl groups excluding tert-OH is 1. The third-order valence-electron chi connectivity index (χ3n) is 3.93. The van der Waals surface area contributed by atoms with Gasteiger partial charge in [-0.2, -0.15) is 0 Å². The smallest absolute Gasteiger partial charge is 0.161 e. The molecule has 2 rings (SSSR count). The highest BCUT2D eigenvalue weighted by Gasteiger charge is 2.10. The van der Waals surface area contributed by atoms with Gasteiger partial charge in [-0.1, -0.05) is 35.4 Å². The molecule has 2 N–H and O–H groups in total. The third kappa shape index (κ3) is 4.98. The highest BCUT2D eigenvalue weighted by molar-refractivity contribution is 5.43. The van der Waals surface area contributed by atoms with Gasteiger partial charge in [0.05, 0.1) is 13.7 Å². The minimum absolute atomic E-state index is 0.0151. The number of benzene rings is 2. The largest absolute Gasteiger partial charge is 0.493 e. The van der Waals surface area contributed by atoms with E-state index in [1.807, 2.05) is 18.2 Å². The van der Waals surface area contributed by atoms with Crippen molar-refractivity contribution in [2.75, 3.05) is 20.3 Å². The molecule has 0 fully saturated rings. The number of methoxy groups -OCH3 is 1. The van der Waals surface area contributed by atoms with Crippen LogP contribution in [0.2, 0.25) is 0 Å². The second kappa shape index (κ2) is 8.71. The minimum Gasteiger partial charge on any atom is -0.493 e. The Morgan fingerprint density at radius 1 is 1.04 bits per heavy atom. The van der Waals surface area contributed by atoms with Crippen molar-refractivity contribution in [2.45, 2.75) is 33.4 Å². The molecule has 0 aliphatic heterocycles. The van der Waals surface area contributed by atoms with Crippen molar-refractivity contribution < 1.29 is 14.6 Å². The summed E-state index contributed by atoms with van der Waals surface area (Å²) < 4.78 is 10.9. The molecule has 0 aliphatic rings. The van der Waals surface area contributed by atoms with Crippen LogP contribution in [0.4, 0.5) is 0 Å². The topological polar surface area (TPSA) is 50.7 Å².